The van der Waals surface area contributed by atoms with Gasteiger partial charge in [-0.3, -0.25) is 9.69 Å². The highest BCUT2D eigenvalue weighted by Gasteiger charge is 2.31. The summed E-state index contributed by atoms with van der Waals surface area (Å²) in [6.07, 6.45) is 2.52. The molecule has 1 aliphatic heterocycles. The van der Waals surface area contributed by atoms with Crippen molar-refractivity contribution < 1.29 is 9.59 Å². The van der Waals surface area contributed by atoms with Gasteiger partial charge in [-0.2, -0.15) is 11.8 Å². The number of thioether (sulfide) groups is 1. The molecule has 9 heteroatoms. The second kappa shape index (κ2) is 9.62. The van der Waals surface area contributed by atoms with Gasteiger partial charge in [0.25, 0.3) is 0 Å². The molecule has 2 aromatic carbocycles. The van der Waals surface area contributed by atoms with Gasteiger partial charge in [0.1, 0.15) is 6.04 Å². The van der Waals surface area contributed by atoms with Crippen molar-refractivity contribution in [3.63, 3.8) is 0 Å². The number of benzene rings is 2. The Kier molecular flexibility index (Phi) is 6.67. The van der Waals surface area contributed by atoms with Crippen molar-refractivity contribution in [2.24, 2.45) is 0 Å². The van der Waals surface area contributed by atoms with Crippen LogP contribution in [-0.4, -0.2) is 46.1 Å². The molecule has 0 aliphatic carbocycles. The molecule has 3 aromatic rings. The summed E-state index contributed by atoms with van der Waals surface area (Å²) in [5.41, 5.74) is 2.81. The van der Waals surface area contributed by atoms with E-state index in [0.29, 0.717) is 37.0 Å². The summed E-state index contributed by atoms with van der Waals surface area (Å²) in [5, 5.41) is 6.48. The average Bonchev–Trinajstić information content (AvgIpc) is 3.35. The first-order valence-electron chi connectivity index (χ1n) is 10.1. The fraction of sp³-hybridized carbons (Fsp3) is 0.318. The van der Waals surface area contributed by atoms with Crippen LogP contribution in [0.15, 0.2) is 48.5 Å². The summed E-state index contributed by atoms with van der Waals surface area (Å²) in [4.78, 5) is 32.1. The monoisotopic (exact) mass is 457 g/mol. The third-order valence-electron chi connectivity index (χ3n) is 5.27. The number of amides is 3. The molecule has 31 heavy (non-hydrogen) atoms. The van der Waals surface area contributed by atoms with Crippen LogP contribution >= 0.6 is 23.4 Å². The lowest BCUT2D eigenvalue weighted by molar-refractivity contribution is -0.123. The van der Waals surface area contributed by atoms with Crippen molar-refractivity contribution in [3.05, 3.63) is 59.1 Å². The number of imidazole rings is 1. The number of hydrogen-bond acceptors (Lipinski definition) is 4. The number of carbonyl (C=O) groups is 2. The van der Waals surface area contributed by atoms with E-state index in [1.165, 1.54) is 0 Å². The maximum atomic E-state index is 13.0. The van der Waals surface area contributed by atoms with E-state index in [4.69, 9.17) is 11.6 Å². The number of anilines is 1. The van der Waals surface area contributed by atoms with Gasteiger partial charge in [-0.05, 0) is 48.3 Å². The van der Waals surface area contributed by atoms with Gasteiger partial charge >= 0.3 is 6.03 Å². The average molecular weight is 458 g/mol. The van der Waals surface area contributed by atoms with Crippen LogP contribution in [-0.2, 0) is 17.9 Å². The molecule has 3 amide bonds. The smallest absolute Gasteiger partial charge is 0.324 e. The molecule has 0 fully saturated rings. The summed E-state index contributed by atoms with van der Waals surface area (Å²) >= 11 is 7.55. The van der Waals surface area contributed by atoms with Gasteiger partial charge in [-0.25, -0.2) is 9.78 Å². The number of aromatic nitrogens is 2. The topological polar surface area (TPSA) is 79.3 Å². The predicted octanol–water partition coefficient (Wildman–Crippen LogP) is 3.66. The number of nitrogens with one attached hydrogen (secondary N) is 2. The van der Waals surface area contributed by atoms with Crippen LogP contribution < -0.4 is 15.5 Å². The molecule has 1 aliphatic rings. The van der Waals surface area contributed by atoms with E-state index in [1.54, 1.807) is 28.8 Å². The first kappa shape index (κ1) is 21.5. The quantitative estimate of drug-likeness (QED) is 0.567. The largest absolute Gasteiger partial charge is 0.350 e. The highest BCUT2D eigenvalue weighted by molar-refractivity contribution is 7.98. The van der Waals surface area contributed by atoms with Crippen molar-refractivity contribution >= 4 is 52.3 Å². The maximum Gasteiger partial charge on any atom is 0.324 e. The number of para-hydroxylation sites is 2. The lowest BCUT2D eigenvalue weighted by Crippen LogP contribution is -2.51. The third-order valence-corrected chi connectivity index (χ3v) is 6.17. The second-order valence-corrected chi connectivity index (χ2v) is 8.75. The van der Waals surface area contributed by atoms with Crippen molar-refractivity contribution in [1.82, 2.24) is 20.2 Å². The van der Waals surface area contributed by atoms with E-state index < -0.39 is 6.04 Å². The van der Waals surface area contributed by atoms with Gasteiger partial charge in [-0.1, -0.05) is 35.9 Å². The Balaban J connectivity index is 1.43. The Morgan fingerprint density at radius 3 is 2.71 bits per heavy atom. The molecular formula is C22H24ClN5O2S. The van der Waals surface area contributed by atoms with E-state index in [9.17, 15) is 9.59 Å². The fourth-order valence-corrected chi connectivity index (χ4v) is 4.23. The third kappa shape index (κ3) is 4.80. The minimum Gasteiger partial charge on any atom is -0.350 e. The molecule has 0 bridgehead atoms. The number of nitrogens with zero attached hydrogens (tertiary/aromatic N) is 3. The minimum absolute atomic E-state index is 0.204. The molecule has 7 nitrogen and oxygen atoms in total. The first-order chi connectivity index (χ1) is 15.1. The van der Waals surface area contributed by atoms with Gasteiger partial charge in [-0.15, -0.1) is 0 Å². The zero-order valence-electron chi connectivity index (χ0n) is 17.2. The Labute approximate surface area is 190 Å². The number of fused-ring (bicyclic) bond motifs is 3. The summed E-state index contributed by atoms with van der Waals surface area (Å²) in [5.74, 6) is 1.17. The highest BCUT2D eigenvalue weighted by atomic mass is 35.5. The Bertz CT molecular complexity index is 1090. The highest BCUT2D eigenvalue weighted by Crippen LogP contribution is 2.27. The summed E-state index contributed by atoms with van der Waals surface area (Å²) in [6.45, 7) is 1.59. The van der Waals surface area contributed by atoms with Crippen molar-refractivity contribution in [2.45, 2.75) is 25.6 Å². The normalized spacial score (nSPS) is 13.8. The molecule has 4 rings (SSSR count). The molecule has 0 unspecified atom stereocenters. The van der Waals surface area contributed by atoms with Crippen molar-refractivity contribution in [3.8, 4) is 0 Å². The molecule has 0 radical (unpaired) electrons. The standard InChI is InChI=1S/C22H24ClN5O2S/c1-31-13-10-18(20(29)24-14-15-6-8-16(23)9-7-15)26-22(30)28-12-11-27-19-5-3-2-4-17(19)25-21(27)28/h2-9,18H,10-14H2,1H3,(H,24,29)(H,26,30)/t18-/m0/s1. The van der Waals surface area contributed by atoms with Crippen molar-refractivity contribution in [1.29, 1.82) is 0 Å². The van der Waals surface area contributed by atoms with E-state index in [-0.39, 0.29) is 11.9 Å². The summed E-state index contributed by atoms with van der Waals surface area (Å²) in [7, 11) is 0. The summed E-state index contributed by atoms with van der Waals surface area (Å²) < 4.78 is 2.03. The molecule has 2 N–H and O–H groups in total. The molecule has 0 saturated heterocycles. The summed E-state index contributed by atoms with van der Waals surface area (Å²) in [6, 6.07) is 14.2. The van der Waals surface area contributed by atoms with E-state index in [2.05, 4.69) is 15.6 Å². The van der Waals surface area contributed by atoms with Gasteiger partial charge in [0, 0.05) is 24.7 Å². The lowest BCUT2D eigenvalue weighted by Gasteiger charge is -2.22. The van der Waals surface area contributed by atoms with Crippen LogP contribution in [0.2, 0.25) is 5.02 Å². The van der Waals surface area contributed by atoms with Gasteiger partial charge in [0.15, 0.2) is 0 Å². The lowest BCUT2D eigenvalue weighted by atomic mass is 10.2. The molecule has 0 saturated carbocycles. The van der Waals surface area contributed by atoms with Crippen LogP contribution in [0.3, 0.4) is 0 Å². The Morgan fingerprint density at radius 1 is 1.16 bits per heavy atom. The number of hydrogen-bond donors (Lipinski definition) is 2. The van der Waals surface area contributed by atoms with Crippen LogP contribution in [0.25, 0.3) is 11.0 Å². The van der Waals surface area contributed by atoms with E-state index >= 15 is 0 Å². The molecule has 0 spiro atoms. The molecule has 1 aromatic heterocycles. The van der Waals surface area contributed by atoms with Crippen LogP contribution in [0.5, 0.6) is 0 Å². The van der Waals surface area contributed by atoms with Gasteiger partial charge in [0.05, 0.1) is 11.0 Å². The Hall–Kier alpha value is -2.71. The molecule has 2 heterocycles. The first-order valence-corrected chi connectivity index (χ1v) is 11.9. The number of rotatable bonds is 7. The SMILES string of the molecule is CSCC[C@H](NC(=O)N1CCn2c1nc1ccccc12)C(=O)NCc1ccc(Cl)cc1. The molecule has 162 valence electrons. The van der Waals surface area contributed by atoms with Crippen LogP contribution in [0.4, 0.5) is 10.7 Å². The number of urea groups is 1. The Morgan fingerprint density at radius 2 is 1.94 bits per heavy atom. The van der Waals surface area contributed by atoms with Gasteiger partial charge in [0.2, 0.25) is 11.9 Å². The molecular weight excluding hydrogens is 434 g/mol. The van der Waals surface area contributed by atoms with E-state index in [1.807, 2.05) is 47.2 Å². The van der Waals surface area contributed by atoms with Gasteiger partial charge < -0.3 is 15.2 Å². The zero-order valence-corrected chi connectivity index (χ0v) is 18.7. The second-order valence-electron chi connectivity index (χ2n) is 7.33. The number of halogens is 1. The maximum absolute atomic E-state index is 13.0. The van der Waals surface area contributed by atoms with Crippen LogP contribution in [0, 0.1) is 0 Å². The minimum atomic E-state index is -0.620. The van der Waals surface area contributed by atoms with E-state index in [0.717, 1.165) is 22.3 Å². The van der Waals surface area contributed by atoms with Crippen LogP contribution in [0.1, 0.15) is 12.0 Å². The van der Waals surface area contributed by atoms with Crippen molar-refractivity contribution in [2.75, 3.05) is 23.5 Å². The zero-order chi connectivity index (χ0) is 21.8. The molecule has 1 atom stereocenters. The predicted molar refractivity (Wildman–Crippen MR) is 126 cm³/mol. The fourth-order valence-electron chi connectivity index (χ4n) is 3.63. The number of carbonyl (C=O) groups excluding carboxylic acids is 2.